The van der Waals surface area contributed by atoms with Crippen LogP contribution < -0.4 is 14.2 Å². The van der Waals surface area contributed by atoms with Crippen molar-refractivity contribution >= 4 is 21.8 Å². The number of nitrogens with zero attached hydrogens (tertiary/aromatic N) is 2. The standard InChI is InChI=1S/C20H18N2O3/c1-23-14-10-17(24-2)20(18(11-14)25-3)22-9-8-13-12-21-16-7-5-4-6-15(16)19(13)22/h4-12H,1-3H3. The Morgan fingerprint density at radius 3 is 2.28 bits per heavy atom. The minimum Gasteiger partial charge on any atom is -0.496 e. The Morgan fingerprint density at radius 2 is 1.60 bits per heavy atom. The lowest BCUT2D eigenvalue weighted by Gasteiger charge is -2.17. The fourth-order valence-corrected chi connectivity index (χ4v) is 3.17. The average molecular weight is 334 g/mol. The number of para-hydroxylation sites is 1. The maximum Gasteiger partial charge on any atom is 0.150 e. The smallest absolute Gasteiger partial charge is 0.150 e. The summed E-state index contributed by atoms with van der Waals surface area (Å²) in [6.45, 7) is 0. The lowest BCUT2D eigenvalue weighted by molar-refractivity contribution is 0.373. The first-order chi connectivity index (χ1) is 12.3. The van der Waals surface area contributed by atoms with Gasteiger partial charge in [-0.15, -0.1) is 0 Å². The van der Waals surface area contributed by atoms with Crippen LogP contribution in [0.15, 0.2) is 54.9 Å². The minimum atomic E-state index is 0.676. The Bertz CT molecular complexity index is 1040. The molecule has 0 atom stereocenters. The van der Waals surface area contributed by atoms with Gasteiger partial charge in [-0.05, 0) is 12.1 Å². The molecule has 0 aliphatic heterocycles. The number of hydrogen-bond acceptors (Lipinski definition) is 4. The third kappa shape index (κ3) is 2.36. The number of aromatic nitrogens is 2. The molecule has 0 aliphatic rings. The normalized spacial score (nSPS) is 11.0. The van der Waals surface area contributed by atoms with Gasteiger partial charge in [-0.25, -0.2) is 0 Å². The molecule has 126 valence electrons. The Morgan fingerprint density at radius 1 is 0.880 bits per heavy atom. The third-order valence-corrected chi connectivity index (χ3v) is 4.35. The Labute approximate surface area is 145 Å². The van der Waals surface area contributed by atoms with Crippen molar-refractivity contribution in [1.82, 2.24) is 9.55 Å². The molecule has 5 heteroatoms. The number of hydrogen-bond donors (Lipinski definition) is 0. The predicted molar refractivity (Wildman–Crippen MR) is 98.2 cm³/mol. The molecule has 0 radical (unpaired) electrons. The molecule has 2 heterocycles. The van der Waals surface area contributed by atoms with Gasteiger partial charge in [-0.1, -0.05) is 18.2 Å². The van der Waals surface area contributed by atoms with Crippen LogP contribution in [0.3, 0.4) is 0 Å². The number of methoxy groups -OCH3 is 3. The Hall–Kier alpha value is -3.21. The fourth-order valence-electron chi connectivity index (χ4n) is 3.17. The van der Waals surface area contributed by atoms with Gasteiger partial charge in [-0.3, -0.25) is 4.98 Å². The van der Waals surface area contributed by atoms with Crippen LogP contribution in [-0.4, -0.2) is 30.9 Å². The van der Waals surface area contributed by atoms with Gasteiger partial charge in [0.15, 0.2) is 0 Å². The van der Waals surface area contributed by atoms with Crippen LogP contribution >= 0.6 is 0 Å². The summed E-state index contributed by atoms with van der Waals surface area (Å²) in [4.78, 5) is 4.53. The number of ether oxygens (including phenoxy) is 3. The van der Waals surface area contributed by atoms with Gasteiger partial charge in [0.1, 0.15) is 22.9 Å². The molecule has 0 unspecified atom stereocenters. The van der Waals surface area contributed by atoms with Crippen LogP contribution in [0.4, 0.5) is 0 Å². The molecule has 0 saturated heterocycles. The van der Waals surface area contributed by atoms with Gasteiger partial charge in [0.05, 0.1) is 32.4 Å². The van der Waals surface area contributed by atoms with Gasteiger partial charge in [0.25, 0.3) is 0 Å². The van der Waals surface area contributed by atoms with E-state index < -0.39 is 0 Å². The van der Waals surface area contributed by atoms with E-state index in [0.717, 1.165) is 27.5 Å². The predicted octanol–water partition coefficient (Wildman–Crippen LogP) is 4.20. The molecule has 0 spiro atoms. The van der Waals surface area contributed by atoms with E-state index in [9.17, 15) is 0 Å². The second-order valence-corrected chi connectivity index (χ2v) is 5.65. The van der Waals surface area contributed by atoms with Crippen molar-refractivity contribution in [3.63, 3.8) is 0 Å². The quantitative estimate of drug-likeness (QED) is 0.561. The molecule has 5 nitrogen and oxygen atoms in total. The zero-order valence-corrected chi connectivity index (χ0v) is 14.3. The van der Waals surface area contributed by atoms with Crippen LogP contribution in [-0.2, 0) is 0 Å². The fraction of sp³-hybridized carbons (Fsp3) is 0.150. The first-order valence-electron chi connectivity index (χ1n) is 7.92. The summed E-state index contributed by atoms with van der Waals surface area (Å²) in [5, 5.41) is 2.13. The number of pyridine rings is 1. The zero-order chi connectivity index (χ0) is 17.4. The molecule has 0 N–H and O–H groups in total. The van der Waals surface area contributed by atoms with Gasteiger partial charge >= 0.3 is 0 Å². The summed E-state index contributed by atoms with van der Waals surface area (Å²) in [6, 6.07) is 13.8. The molecule has 2 aromatic carbocycles. The van der Waals surface area contributed by atoms with E-state index >= 15 is 0 Å². The molecule has 0 fully saturated rings. The molecule has 2 aromatic heterocycles. The number of benzene rings is 2. The minimum absolute atomic E-state index is 0.676. The van der Waals surface area contributed by atoms with E-state index in [4.69, 9.17) is 14.2 Å². The first kappa shape index (κ1) is 15.3. The van der Waals surface area contributed by atoms with Crippen LogP contribution in [0.2, 0.25) is 0 Å². The largest absolute Gasteiger partial charge is 0.496 e. The van der Waals surface area contributed by atoms with E-state index in [1.54, 1.807) is 21.3 Å². The van der Waals surface area contributed by atoms with Crippen molar-refractivity contribution in [2.24, 2.45) is 0 Å². The average Bonchev–Trinajstić information content (AvgIpc) is 3.10. The van der Waals surface area contributed by atoms with Gasteiger partial charge < -0.3 is 18.8 Å². The molecule has 0 amide bonds. The molecular formula is C20H18N2O3. The Balaban J connectivity index is 2.10. The van der Waals surface area contributed by atoms with Gasteiger partial charge in [0.2, 0.25) is 0 Å². The van der Waals surface area contributed by atoms with Crippen molar-refractivity contribution in [2.45, 2.75) is 0 Å². The molecule has 4 aromatic rings. The van der Waals surface area contributed by atoms with Gasteiger partial charge in [-0.2, -0.15) is 0 Å². The lowest BCUT2D eigenvalue weighted by atomic mass is 10.1. The van der Waals surface area contributed by atoms with Crippen molar-refractivity contribution in [3.8, 4) is 22.9 Å². The molecule has 4 rings (SSSR count). The monoisotopic (exact) mass is 334 g/mol. The van der Waals surface area contributed by atoms with Gasteiger partial charge in [0, 0.05) is 35.3 Å². The summed E-state index contributed by atoms with van der Waals surface area (Å²) in [7, 11) is 4.91. The van der Waals surface area contributed by atoms with Crippen LogP contribution in [0.25, 0.3) is 27.5 Å². The highest BCUT2D eigenvalue weighted by Crippen LogP contribution is 2.40. The first-order valence-corrected chi connectivity index (χ1v) is 7.92. The molecule has 0 saturated carbocycles. The molecule has 0 bridgehead atoms. The summed E-state index contributed by atoms with van der Waals surface area (Å²) >= 11 is 0. The lowest BCUT2D eigenvalue weighted by Crippen LogP contribution is -2.02. The van der Waals surface area contributed by atoms with E-state index in [1.807, 2.05) is 48.8 Å². The summed E-state index contributed by atoms with van der Waals surface area (Å²) in [6.07, 6.45) is 3.89. The number of fused-ring (bicyclic) bond motifs is 3. The summed E-state index contributed by atoms with van der Waals surface area (Å²) < 4.78 is 18.7. The van der Waals surface area contributed by atoms with E-state index in [1.165, 1.54) is 0 Å². The second-order valence-electron chi connectivity index (χ2n) is 5.65. The highest BCUT2D eigenvalue weighted by Gasteiger charge is 2.18. The maximum absolute atomic E-state index is 5.62. The van der Waals surface area contributed by atoms with Crippen molar-refractivity contribution in [3.05, 3.63) is 54.9 Å². The Kier molecular flexibility index (Phi) is 3.69. The molecule has 25 heavy (non-hydrogen) atoms. The highest BCUT2D eigenvalue weighted by molar-refractivity contribution is 6.04. The number of rotatable bonds is 4. The maximum atomic E-state index is 5.62. The summed E-state index contributed by atoms with van der Waals surface area (Å²) in [5.41, 5.74) is 2.84. The SMILES string of the molecule is COc1cc(OC)c(-n2ccc3cnc4ccccc4c32)c(OC)c1. The van der Waals surface area contributed by atoms with Crippen LogP contribution in [0, 0.1) is 0 Å². The van der Waals surface area contributed by atoms with E-state index in [-0.39, 0.29) is 0 Å². The topological polar surface area (TPSA) is 45.5 Å². The highest BCUT2D eigenvalue weighted by atomic mass is 16.5. The van der Waals surface area contributed by atoms with E-state index in [2.05, 4.69) is 15.6 Å². The van der Waals surface area contributed by atoms with Crippen LogP contribution in [0.5, 0.6) is 17.2 Å². The van der Waals surface area contributed by atoms with E-state index in [0.29, 0.717) is 17.2 Å². The van der Waals surface area contributed by atoms with Crippen molar-refractivity contribution in [1.29, 1.82) is 0 Å². The molecule has 0 aliphatic carbocycles. The third-order valence-electron chi connectivity index (χ3n) is 4.35. The zero-order valence-electron chi connectivity index (χ0n) is 14.3. The second kappa shape index (κ2) is 6.02. The van der Waals surface area contributed by atoms with Crippen molar-refractivity contribution in [2.75, 3.05) is 21.3 Å². The van der Waals surface area contributed by atoms with Crippen LogP contribution in [0.1, 0.15) is 0 Å². The summed E-state index contributed by atoms with van der Waals surface area (Å²) in [5.74, 6) is 2.03. The molecular weight excluding hydrogens is 316 g/mol. The van der Waals surface area contributed by atoms with Crippen molar-refractivity contribution < 1.29 is 14.2 Å².